The van der Waals surface area contributed by atoms with Crippen molar-refractivity contribution in [1.82, 2.24) is 11.1 Å². The van der Waals surface area contributed by atoms with Gasteiger partial charge in [-0.05, 0) is 50.2 Å². The maximum absolute atomic E-state index is 7.37. The second kappa shape index (κ2) is 4.33. The number of anilines is 1. The molecule has 0 bridgehead atoms. The Hall–Kier alpha value is -1.22. The molecule has 1 saturated heterocycles. The molecule has 1 fully saturated rings. The lowest BCUT2D eigenvalue weighted by molar-refractivity contribution is 0.479. The van der Waals surface area contributed by atoms with Crippen LogP contribution in [0.1, 0.15) is 12.8 Å². The fraction of sp³-hybridized carbons (Fsp3) is 0.455. The van der Waals surface area contributed by atoms with Crippen LogP contribution in [0, 0.1) is 0 Å². The summed E-state index contributed by atoms with van der Waals surface area (Å²) < 4.78 is 0. The van der Waals surface area contributed by atoms with Crippen molar-refractivity contribution in [3.8, 4) is 0 Å². The van der Waals surface area contributed by atoms with Gasteiger partial charge in [-0.25, -0.2) is 0 Å². The van der Waals surface area contributed by atoms with Gasteiger partial charge in [-0.3, -0.25) is 0 Å². The van der Waals surface area contributed by atoms with Crippen LogP contribution >= 0.6 is 0 Å². The Kier molecular flexibility index (Phi) is 2.89. The third kappa shape index (κ3) is 2.39. The number of benzene rings is 1. The molecule has 0 atom stereocenters. The van der Waals surface area contributed by atoms with Crippen LogP contribution in [0.2, 0.25) is 0 Å². The summed E-state index contributed by atoms with van der Waals surface area (Å²) in [5, 5.41) is 6.82. The molecule has 1 heterocycles. The molecule has 1 aliphatic rings. The van der Waals surface area contributed by atoms with Crippen molar-refractivity contribution in [1.29, 1.82) is 0 Å². The van der Waals surface area contributed by atoms with Crippen molar-refractivity contribution >= 4 is 11.4 Å². The van der Waals surface area contributed by atoms with Gasteiger partial charge >= 0.3 is 0 Å². The molecule has 0 saturated carbocycles. The smallest absolute Gasteiger partial charge is 0.0541 e. The monoisotopic (exact) mass is 190 g/mol. The van der Waals surface area contributed by atoms with Gasteiger partial charge in [0.15, 0.2) is 0 Å². The molecule has 0 amide bonds. The number of piperidine rings is 1. The number of nitrogens with one attached hydrogen (secondary N) is 3. The third-order valence-electron chi connectivity index (χ3n) is 2.59. The van der Waals surface area contributed by atoms with Crippen LogP contribution < -0.4 is 16.4 Å². The highest BCUT2D eigenvalue weighted by atomic mass is 15.0. The largest absolute Gasteiger partial charge is 0.382 e. The van der Waals surface area contributed by atoms with Gasteiger partial charge in [0.25, 0.3) is 0 Å². The minimum atomic E-state index is 0.570. The highest BCUT2D eigenvalue weighted by Crippen LogP contribution is 2.15. The predicted molar refractivity (Wildman–Crippen MR) is 58.7 cm³/mol. The van der Waals surface area contributed by atoms with E-state index < -0.39 is 0 Å². The summed E-state index contributed by atoms with van der Waals surface area (Å²) >= 11 is 0. The molecular weight excluding hydrogens is 174 g/mol. The zero-order chi connectivity index (χ0) is 9.80. The minimum absolute atomic E-state index is 0.570. The molecule has 3 nitrogen and oxygen atoms in total. The van der Waals surface area contributed by atoms with Gasteiger partial charge in [-0.2, -0.15) is 0 Å². The Morgan fingerprint density at radius 2 is 1.79 bits per heavy atom. The van der Waals surface area contributed by atoms with E-state index in [1.54, 1.807) is 0 Å². The fourth-order valence-electron chi connectivity index (χ4n) is 1.77. The first kappa shape index (κ1) is 9.34. The van der Waals surface area contributed by atoms with Crippen molar-refractivity contribution in [2.24, 2.45) is 0 Å². The molecule has 14 heavy (non-hydrogen) atoms. The van der Waals surface area contributed by atoms with E-state index in [0.717, 1.165) is 18.8 Å². The molecule has 0 unspecified atom stereocenters. The Morgan fingerprint density at radius 1 is 1.14 bits per heavy atom. The Balaban J connectivity index is 1.92. The van der Waals surface area contributed by atoms with Gasteiger partial charge in [-0.1, -0.05) is 0 Å². The van der Waals surface area contributed by atoms with Crippen LogP contribution in [0.4, 0.5) is 11.4 Å². The maximum atomic E-state index is 7.37. The molecule has 2 rings (SSSR count). The van der Waals surface area contributed by atoms with Crippen LogP contribution in [0.3, 0.4) is 0 Å². The van der Waals surface area contributed by atoms with E-state index in [0.29, 0.717) is 11.7 Å². The lowest BCUT2D eigenvalue weighted by Gasteiger charge is -2.24. The first-order valence-corrected chi connectivity index (χ1v) is 5.13. The number of hydrogen-bond acceptors (Lipinski definition) is 2. The Labute approximate surface area is 84.7 Å². The SMILES string of the molecule is [NH]c1ccc(NC2CCNCC2)cc1. The zero-order valence-corrected chi connectivity index (χ0v) is 8.22. The topological polar surface area (TPSA) is 47.9 Å². The normalized spacial score (nSPS) is 18.0. The van der Waals surface area contributed by atoms with Crippen molar-refractivity contribution in [3.63, 3.8) is 0 Å². The first-order valence-electron chi connectivity index (χ1n) is 5.13. The van der Waals surface area contributed by atoms with E-state index in [-0.39, 0.29) is 0 Å². The van der Waals surface area contributed by atoms with E-state index in [1.807, 2.05) is 24.3 Å². The molecule has 1 radical (unpaired) electrons. The van der Waals surface area contributed by atoms with Gasteiger partial charge in [0.05, 0.1) is 5.69 Å². The molecule has 0 aliphatic carbocycles. The quantitative estimate of drug-likeness (QED) is 0.746. The van der Waals surface area contributed by atoms with Crippen LogP contribution in [-0.2, 0) is 0 Å². The van der Waals surface area contributed by atoms with Crippen LogP contribution in [-0.4, -0.2) is 19.1 Å². The first-order chi connectivity index (χ1) is 6.84. The summed E-state index contributed by atoms with van der Waals surface area (Å²) in [6.45, 7) is 2.21. The third-order valence-corrected chi connectivity index (χ3v) is 2.59. The summed E-state index contributed by atoms with van der Waals surface area (Å²) in [6, 6.07) is 8.19. The van der Waals surface area contributed by atoms with Crippen molar-refractivity contribution in [2.75, 3.05) is 18.4 Å². The summed E-state index contributed by atoms with van der Waals surface area (Å²) in [4.78, 5) is 0. The number of rotatable bonds is 2. The molecule has 1 aliphatic heterocycles. The van der Waals surface area contributed by atoms with E-state index >= 15 is 0 Å². The Bertz CT molecular complexity index is 275. The second-order valence-corrected chi connectivity index (χ2v) is 3.75. The fourth-order valence-corrected chi connectivity index (χ4v) is 1.77. The highest BCUT2D eigenvalue weighted by molar-refractivity contribution is 5.50. The molecular formula is C11H16N3. The van der Waals surface area contributed by atoms with Gasteiger partial charge < -0.3 is 16.4 Å². The molecule has 3 heteroatoms. The Morgan fingerprint density at radius 3 is 2.43 bits per heavy atom. The van der Waals surface area contributed by atoms with Crippen molar-refractivity contribution in [2.45, 2.75) is 18.9 Å². The zero-order valence-electron chi connectivity index (χ0n) is 8.22. The average Bonchev–Trinajstić information content (AvgIpc) is 2.23. The molecule has 0 aromatic heterocycles. The van der Waals surface area contributed by atoms with Crippen molar-refractivity contribution in [3.05, 3.63) is 24.3 Å². The molecule has 1 aromatic carbocycles. The highest BCUT2D eigenvalue weighted by Gasteiger charge is 2.11. The number of hydrogen-bond donors (Lipinski definition) is 2. The minimum Gasteiger partial charge on any atom is -0.382 e. The van der Waals surface area contributed by atoms with Crippen LogP contribution in [0.15, 0.2) is 24.3 Å². The molecule has 75 valence electrons. The lowest BCUT2D eigenvalue weighted by Crippen LogP contribution is -2.35. The predicted octanol–water partition coefficient (Wildman–Crippen LogP) is 1.76. The lowest BCUT2D eigenvalue weighted by atomic mass is 10.1. The van der Waals surface area contributed by atoms with E-state index in [9.17, 15) is 0 Å². The van der Waals surface area contributed by atoms with Crippen LogP contribution in [0.25, 0.3) is 0 Å². The summed E-state index contributed by atoms with van der Waals surface area (Å²) in [5.74, 6) is 0. The van der Waals surface area contributed by atoms with Gasteiger partial charge in [0.1, 0.15) is 0 Å². The average molecular weight is 190 g/mol. The van der Waals surface area contributed by atoms with E-state index in [2.05, 4.69) is 10.6 Å². The van der Waals surface area contributed by atoms with E-state index in [1.165, 1.54) is 12.8 Å². The van der Waals surface area contributed by atoms with Gasteiger partial charge in [-0.15, -0.1) is 0 Å². The summed E-state index contributed by atoms with van der Waals surface area (Å²) in [6.07, 6.45) is 2.37. The standard InChI is InChI=1S/C11H16N3/c12-9-1-3-10(4-2-9)14-11-5-7-13-8-6-11/h1-4,11-14H,5-8H2. The molecule has 3 N–H and O–H groups in total. The van der Waals surface area contributed by atoms with Gasteiger partial charge in [0.2, 0.25) is 0 Å². The summed E-state index contributed by atoms with van der Waals surface area (Å²) in [5.41, 5.74) is 9.08. The van der Waals surface area contributed by atoms with Gasteiger partial charge in [0, 0.05) is 11.7 Å². The van der Waals surface area contributed by atoms with Crippen molar-refractivity contribution < 1.29 is 0 Å². The van der Waals surface area contributed by atoms with E-state index in [4.69, 9.17) is 5.73 Å². The summed E-state index contributed by atoms with van der Waals surface area (Å²) in [7, 11) is 0. The van der Waals surface area contributed by atoms with Crippen LogP contribution in [0.5, 0.6) is 0 Å². The second-order valence-electron chi connectivity index (χ2n) is 3.75. The maximum Gasteiger partial charge on any atom is 0.0541 e. The molecule has 1 aromatic rings. The molecule has 0 spiro atoms.